The van der Waals surface area contributed by atoms with Crippen molar-refractivity contribution in [3.8, 4) is 5.75 Å². The molecule has 1 aromatic carbocycles. The Hall–Kier alpha value is -2.04. The van der Waals surface area contributed by atoms with Crippen LogP contribution in [0.25, 0.3) is 0 Å². The third-order valence-corrected chi connectivity index (χ3v) is 1.76. The molecule has 0 aliphatic heterocycles. The number of ether oxygens (including phenoxy) is 2. The highest BCUT2D eigenvalue weighted by Crippen LogP contribution is 2.12. The van der Waals surface area contributed by atoms with E-state index in [1.807, 2.05) is 6.92 Å². The summed E-state index contributed by atoms with van der Waals surface area (Å²) in [6.07, 6.45) is -0.0240. The van der Waals surface area contributed by atoms with Crippen LogP contribution >= 0.6 is 0 Å². The van der Waals surface area contributed by atoms with Crippen molar-refractivity contribution >= 4 is 12.1 Å². The molecule has 86 valence electrons. The summed E-state index contributed by atoms with van der Waals surface area (Å²) in [7, 11) is 0. The topological polar surface area (TPSA) is 78.6 Å². The summed E-state index contributed by atoms with van der Waals surface area (Å²) >= 11 is 0. The average Bonchev–Trinajstić information content (AvgIpc) is 2.27. The molecule has 1 amide bonds. The molecular formula is C11H13NO4. The Balaban J connectivity index is 2.55. The number of rotatable bonds is 4. The Kier molecular flexibility index (Phi) is 4.32. The third kappa shape index (κ3) is 3.61. The molecule has 0 radical (unpaired) electrons. The Morgan fingerprint density at radius 2 is 1.88 bits per heavy atom. The smallest absolute Gasteiger partial charge is 0.434 e. The second-order valence-electron chi connectivity index (χ2n) is 3.09. The number of amides is 1. The molecule has 16 heavy (non-hydrogen) atoms. The fourth-order valence-electron chi connectivity index (χ4n) is 0.998. The molecule has 0 heterocycles. The molecule has 0 aliphatic carbocycles. The van der Waals surface area contributed by atoms with E-state index in [4.69, 9.17) is 15.2 Å². The van der Waals surface area contributed by atoms with Crippen LogP contribution in [-0.2, 0) is 4.74 Å². The molecule has 1 rings (SSSR count). The van der Waals surface area contributed by atoms with Gasteiger partial charge in [0.05, 0.1) is 6.61 Å². The van der Waals surface area contributed by atoms with Gasteiger partial charge >= 0.3 is 6.16 Å². The van der Waals surface area contributed by atoms with Crippen molar-refractivity contribution in [2.75, 3.05) is 6.61 Å². The van der Waals surface area contributed by atoms with Crippen LogP contribution < -0.4 is 10.5 Å². The zero-order valence-corrected chi connectivity index (χ0v) is 8.93. The number of carbonyl (C=O) groups excluding carboxylic acids is 2. The second kappa shape index (κ2) is 5.75. The molecule has 5 heteroatoms. The first kappa shape index (κ1) is 12.0. The number of carbonyl (C=O) groups is 2. The monoisotopic (exact) mass is 223 g/mol. The highest BCUT2D eigenvalue weighted by molar-refractivity contribution is 5.92. The fraction of sp³-hybridized carbons (Fsp3) is 0.273. The van der Waals surface area contributed by atoms with E-state index in [0.29, 0.717) is 17.9 Å². The Labute approximate surface area is 93.1 Å². The third-order valence-electron chi connectivity index (χ3n) is 1.76. The predicted molar refractivity (Wildman–Crippen MR) is 57.2 cm³/mol. The van der Waals surface area contributed by atoms with E-state index in [1.165, 1.54) is 24.3 Å². The van der Waals surface area contributed by atoms with Gasteiger partial charge in [-0.25, -0.2) is 4.79 Å². The van der Waals surface area contributed by atoms with E-state index in [-0.39, 0.29) is 0 Å². The van der Waals surface area contributed by atoms with Gasteiger partial charge in [-0.15, -0.1) is 0 Å². The lowest BCUT2D eigenvalue weighted by molar-refractivity contribution is 0.0991. The SMILES string of the molecule is CCCOC(=O)Oc1ccc(C(N)=O)cc1. The number of nitrogens with two attached hydrogens (primary N) is 1. The molecule has 5 nitrogen and oxygen atoms in total. The lowest BCUT2D eigenvalue weighted by Gasteiger charge is -2.04. The Morgan fingerprint density at radius 3 is 2.38 bits per heavy atom. The molecule has 0 bridgehead atoms. The molecule has 0 saturated carbocycles. The average molecular weight is 223 g/mol. The summed E-state index contributed by atoms with van der Waals surface area (Å²) < 4.78 is 9.56. The highest BCUT2D eigenvalue weighted by Gasteiger charge is 2.06. The van der Waals surface area contributed by atoms with Gasteiger partial charge in [0.15, 0.2) is 0 Å². The summed E-state index contributed by atoms with van der Waals surface area (Å²) in [5.41, 5.74) is 5.42. The van der Waals surface area contributed by atoms with Crippen molar-refractivity contribution in [2.45, 2.75) is 13.3 Å². The van der Waals surface area contributed by atoms with Crippen LogP contribution in [0.3, 0.4) is 0 Å². The number of hydrogen-bond acceptors (Lipinski definition) is 4. The van der Waals surface area contributed by atoms with E-state index in [1.54, 1.807) is 0 Å². The van der Waals surface area contributed by atoms with E-state index >= 15 is 0 Å². The molecule has 1 aromatic rings. The van der Waals surface area contributed by atoms with E-state index in [2.05, 4.69) is 0 Å². The van der Waals surface area contributed by atoms with Crippen LogP contribution in [0.15, 0.2) is 24.3 Å². The van der Waals surface area contributed by atoms with Crippen LogP contribution in [0.1, 0.15) is 23.7 Å². The van der Waals surface area contributed by atoms with Gasteiger partial charge in [-0.1, -0.05) is 6.92 Å². The van der Waals surface area contributed by atoms with Gasteiger partial charge in [-0.2, -0.15) is 0 Å². The Morgan fingerprint density at radius 1 is 1.25 bits per heavy atom. The van der Waals surface area contributed by atoms with Crippen molar-refractivity contribution in [1.29, 1.82) is 0 Å². The van der Waals surface area contributed by atoms with Gasteiger partial charge in [-0.05, 0) is 30.7 Å². The molecule has 0 saturated heterocycles. The maximum absolute atomic E-state index is 11.1. The fourth-order valence-corrected chi connectivity index (χ4v) is 0.998. The van der Waals surface area contributed by atoms with Crippen LogP contribution in [0.4, 0.5) is 4.79 Å². The van der Waals surface area contributed by atoms with Crippen molar-refractivity contribution < 1.29 is 19.1 Å². The molecule has 0 atom stereocenters. The van der Waals surface area contributed by atoms with Gasteiger partial charge in [0.25, 0.3) is 0 Å². The number of benzene rings is 1. The van der Waals surface area contributed by atoms with Gasteiger partial charge in [0.1, 0.15) is 5.75 Å². The van der Waals surface area contributed by atoms with Crippen LogP contribution in [0.5, 0.6) is 5.75 Å². The van der Waals surface area contributed by atoms with E-state index < -0.39 is 12.1 Å². The molecule has 0 unspecified atom stereocenters. The van der Waals surface area contributed by atoms with Crippen LogP contribution in [-0.4, -0.2) is 18.7 Å². The van der Waals surface area contributed by atoms with Gasteiger partial charge < -0.3 is 15.2 Å². The summed E-state index contributed by atoms with van der Waals surface area (Å²) in [4.78, 5) is 21.8. The summed E-state index contributed by atoms with van der Waals surface area (Å²) in [6.45, 7) is 2.20. The van der Waals surface area contributed by atoms with Crippen molar-refractivity contribution in [2.24, 2.45) is 5.73 Å². The van der Waals surface area contributed by atoms with Gasteiger partial charge in [-0.3, -0.25) is 4.79 Å². The maximum Gasteiger partial charge on any atom is 0.513 e. The van der Waals surface area contributed by atoms with Gasteiger partial charge in [0.2, 0.25) is 5.91 Å². The first-order valence-electron chi connectivity index (χ1n) is 4.88. The predicted octanol–water partition coefficient (Wildman–Crippen LogP) is 1.71. The van der Waals surface area contributed by atoms with Crippen molar-refractivity contribution in [3.05, 3.63) is 29.8 Å². The van der Waals surface area contributed by atoms with E-state index in [9.17, 15) is 9.59 Å². The molecule has 0 aliphatic rings. The summed E-state index contributed by atoms with van der Waals surface area (Å²) in [5, 5.41) is 0. The Bertz CT molecular complexity index is 372. The first-order valence-corrected chi connectivity index (χ1v) is 4.88. The zero-order chi connectivity index (χ0) is 12.0. The zero-order valence-electron chi connectivity index (χ0n) is 8.93. The molecule has 2 N–H and O–H groups in total. The van der Waals surface area contributed by atoms with Gasteiger partial charge in [0, 0.05) is 5.56 Å². The molecule has 0 aromatic heterocycles. The first-order chi connectivity index (χ1) is 7.63. The molecular weight excluding hydrogens is 210 g/mol. The minimum atomic E-state index is -0.756. The van der Waals surface area contributed by atoms with Crippen LogP contribution in [0.2, 0.25) is 0 Å². The minimum absolute atomic E-state index is 0.311. The van der Waals surface area contributed by atoms with Crippen molar-refractivity contribution in [1.82, 2.24) is 0 Å². The summed E-state index contributed by atoms with van der Waals surface area (Å²) in [5.74, 6) is -0.216. The molecule has 0 fully saturated rings. The van der Waals surface area contributed by atoms with E-state index in [0.717, 1.165) is 6.42 Å². The normalized spacial score (nSPS) is 9.56. The summed E-state index contributed by atoms with van der Waals surface area (Å²) in [6, 6.07) is 5.91. The highest BCUT2D eigenvalue weighted by atomic mass is 16.7. The lowest BCUT2D eigenvalue weighted by atomic mass is 10.2. The standard InChI is InChI=1S/C11H13NO4/c1-2-7-15-11(14)16-9-5-3-8(4-6-9)10(12)13/h3-6H,2,7H2,1H3,(H2,12,13). The van der Waals surface area contributed by atoms with Crippen molar-refractivity contribution in [3.63, 3.8) is 0 Å². The largest absolute Gasteiger partial charge is 0.513 e. The number of hydrogen-bond donors (Lipinski definition) is 1. The minimum Gasteiger partial charge on any atom is -0.434 e. The quantitative estimate of drug-likeness (QED) is 0.622. The van der Waals surface area contributed by atoms with Crippen LogP contribution in [0, 0.1) is 0 Å². The maximum atomic E-state index is 11.1. The second-order valence-corrected chi connectivity index (χ2v) is 3.09. The lowest BCUT2D eigenvalue weighted by Crippen LogP contribution is -2.12. The number of primary amides is 1. The molecule has 0 spiro atoms.